The highest BCUT2D eigenvalue weighted by molar-refractivity contribution is 5.68. The first-order chi connectivity index (χ1) is 11.0. The average Bonchev–Trinajstić information content (AvgIpc) is 2.42. The second-order valence-corrected chi connectivity index (χ2v) is 8.34. The first-order valence-corrected chi connectivity index (χ1v) is 8.48. The van der Waals surface area contributed by atoms with Crippen molar-refractivity contribution in [2.45, 2.75) is 59.6 Å². The van der Waals surface area contributed by atoms with E-state index in [9.17, 15) is 9.18 Å². The lowest BCUT2D eigenvalue weighted by atomic mass is 9.79. The predicted molar refractivity (Wildman–Crippen MR) is 94.8 cm³/mol. The van der Waals surface area contributed by atoms with E-state index in [1.807, 2.05) is 27.7 Å². The molecule has 0 aliphatic carbocycles. The maximum Gasteiger partial charge on any atom is 0.410 e. The highest BCUT2D eigenvalue weighted by Gasteiger charge is 2.39. The molecular formula is C19H29FN2O2. The number of likely N-dealkylation sites (tertiary alicyclic amines) is 1. The number of anilines is 1. The third-order valence-electron chi connectivity index (χ3n) is 4.41. The molecular weight excluding hydrogens is 307 g/mol. The molecule has 0 bridgehead atoms. The van der Waals surface area contributed by atoms with Gasteiger partial charge in [-0.25, -0.2) is 9.18 Å². The Bertz CT molecular complexity index is 608. The number of aryl methyl sites for hydroxylation is 1. The molecule has 2 rings (SSSR count). The van der Waals surface area contributed by atoms with Crippen molar-refractivity contribution in [3.8, 4) is 0 Å². The first kappa shape index (κ1) is 18.6. The second kappa shape index (κ2) is 6.61. The zero-order valence-corrected chi connectivity index (χ0v) is 15.6. The minimum atomic E-state index is -0.491. The number of halogens is 1. The van der Waals surface area contributed by atoms with Crippen molar-refractivity contribution in [2.75, 3.05) is 18.4 Å². The van der Waals surface area contributed by atoms with Crippen molar-refractivity contribution in [1.29, 1.82) is 0 Å². The minimum absolute atomic E-state index is 0.145. The monoisotopic (exact) mass is 336 g/mol. The minimum Gasteiger partial charge on any atom is -0.444 e. The molecule has 24 heavy (non-hydrogen) atoms. The van der Waals surface area contributed by atoms with E-state index in [0.717, 1.165) is 17.7 Å². The lowest BCUT2D eigenvalue weighted by molar-refractivity contribution is 0.00691. The van der Waals surface area contributed by atoms with E-state index < -0.39 is 5.60 Å². The van der Waals surface area contributed by atoms with Gasteiger partial charge in [-0.3, -0.25) is 0 Å². The summed E-state index contributed by atoms with van der Waals surface area (Å²) in [6.45, 7) is 13.1. The Morgan fingerprint density at radius 2 is 2.04 bits per heavy atom. The molecule has 0 aromatic heterocycles. The highest BCUT2D eigenvalue weighted by Crippen LogP contribution is 2.33. The van der Waals surface area contributed by atoms with Crippen LogP contribution in [0.1, 0.15) is 46.6 Å². The Morgan fingerprint density at radius 1 is 1.38 bits per heavy atom. The number of nitrogens with zero attached hydrogens (tertiary/aromatic N) is 1. The van der Waals surface area contributed by atoms with E-state index in [1.165, 1.54) is 12.1 Å². The van der Waals surface area contributed by atoms with Gasteiger partial charge in [0.25, 0.3) is 0 Å². The Labute approximate surface area is 144 Å². The molecule has 1 amide bonds. The van der Waals surface area contributed by atoms with Crippen LogP contribution in [0.3, 0.4) is 0 Å². The lowest BCUT2D eigenvalue weighted by Crippen LogP contribution is -2.54. The fraction of sp³-hybridized carbons (Fsp3) is 0.632. The van der Waals surface area contributed by atoms with Crippen LogP contribution >= 0.6 is 0 Å². The lowest BCUT2D eigenvalue weighted by Gasteiger charge is -2.45. The van der Waals surface area contributed by atoms with E-state index in [0.29, 0.717) is 13.1 Å². The fourth-order valence-corrected chi connectivity index (χ4v) is 3.04. The Kier molecular flexibility index (Phi) is 5.11. The summed E-state index contributed by atoms with van der Waals surface area (Å²) in [6.07, 6.45) is 0.526. The highest BCUT2D eigenvalue weighted by atomic mass is 19.1. The third kappa shape index (κ3) is 4.62. The second-order valence-electron chi connectivity index (χ2n) is 8.34. The van der Waals surface area contributed by atoms with Crippen molar-refractivity contribution in [3.63, 3.8) is 0 Å². The Morgan fingerprint density at radius 3 is 2.62 bits per heavy atom. The molecule has 0 radical (unpaired) electrons. The van der Waals surface area contributed by atoms with Crippen LogP contribution in [0, 0.1) is 18.2 Å². The summed E-state index contributed by atoms with van der Waals surface area (Å²) in [4.78, 5) is 14.1. The molecule has 1 fully saturated rings. The first-order valence-electron chi connectivity index (χ1n) is 8.48. The number of amides is 1. The van der Waals surface area contributed by atoms with Crippen molar-refractivity contribution < 1.29 is 13.9 Å². The van der Waals surface area contributed by atoms with Gasteiger partial charge >= 0.3 is 6.09 Å². The summed E-state index contributed by atoms with van der Waals surface area (Å²) in [7, 11) is 0. The maximum atomic E-state index is 13.5. The van der Waals surface area contributed by atoms with Crippen LogP contribution in [-0.4, -0.2) is 35.7 Å². The van der Waals surface area contributed by atoms with Gasteiger partial charge in [0.05, 0.1) is 0 Å². The van der Waals surface area contributed by atoms with Crippen LogP contribution < -0.4 is 5.32 Å². The number of carbonyl (C=O) groups excluding carboxylic acids is 1. The normalized spacial score (nSPS) is 20.6. The van der Waals surface area contributed by atoms with E-state index in [4.69, 9.17) is 4.74 Å². The Hall–Kier alpha value is -1.78. The number of rotatable bonds is 2. The van der Waals surface area contributed by atoms with Crippen LogP contribution in [0.4, 0.5) is 14.9 Å². The number of hydrogen-bond donors (Lipinski definition) is 1. The summed E-state index contributed by atoms with van der Waals surface area (Å²) in [5.41, 5.74) is 1.20. The fourth-order valence-electron chi connectivity index (χ4n) is 3.04. The summed E-state index contributed by atoms with van der Waals surface area (Å²) in [5, 5.41) is 3.47. The molecule has 1 aromatic rings. The number of carbonyl (C=O) groups is 1. The molecule has 1 atom stereocenters. The van der Waals surface area contributed by atoms with Gasteiger partial charge in [0.15, 0.2) is 0 Å². The Balaban J connectivity index is 2.06. The van der Waals surface area contributed by atoms with Crippen LogP contribution in [0.5, 0.6) is 0 Å². The van der Waals surface area contributed by atoms with Crippen LogP contribution in [-0.2, 0) is 4.74 Å². The van der Waals surface area contributed by atoms with Crippen molar-refractivity contribution in [3.05, 3.63) is 29.6 Å². The number of benzene rings is 1. The van der Waals surface area contributed by atoms with Gasteiger partial charge < -0.3 is 15.0 Å². The SMILES string of the molecule is Cc1ccc(F)cc1NC1CCN(C(=O)OC(C)(C)C)CC1(C)C. The van der Waals surface area contributed by atoms with E-state index >= 15 is 0 Å². The van der Waals surface area contributed by atoms with Gasteiger partial charge in [-0.05, 0) is 51.8 Å². The molecule has 1 aromatic carbocycles. The summed E-state index contributed by atoms with van der Waals surface area (Å²) < 4.78 is 19.0. The molecule has 4 nitrogen and oxygen atoms in total. The van der Waals surface area contributed by atoms with Gasteiger partial charge in [0.1, 0.15) is 11.4 Å². The summed E-state index contributed by atoms with van der Waals surface area (Å²) >= 11 is 0. The van der Waals surface area contributed by atoms with E-state index in [-0.39, 0.29) is 23.4 Å². The van der Waals surface area contributed by atoms with Gasteiger partial charge in [-0.15, -0.1) is 0 Å². The van der Waals surface area contributed by atoms with Gasteiger partial charge in [0, 0.05) is 30.2 Å². The van der Waals surface area contributed by atoms with E-state index in [1.54, 1.807) is 11.0 Å². The average molecular weight is 336 g/mol. The zero-order chi connectivity index (χ0) is 18.1. The molecule has 0 saturated carbocycles. The topological polar surface area (TPSA) is 41.6 Å². The third-order valence-corrected chi connectivity index (χ3v) is 4.41. The molecule has 1 N–H and O–H groups in total. The quantitative estimate of drug-likeness (QED) is 0.859. The molecule has 5 heteroatoms. The molecule has 1 aliphatic rings. The standard InChI is InChI=1S/C19H29FN2O2/c1-13-7-8-14(20)11-15(13)21-16-9-10-22(12-19(16,5)6)17(23)24-18(2,3)4/h7-8,11,16,21H,9-10,12H2,1-6H3. The number of nitrogens with one attached hydrogen (secondary N) is 1. The molecule has 134 valence electrons. The van der Waals surface area contributed by atoms with Gasteiger partial charge in [-0.2, -0.15) is 0 Å². The van der Waals surface area contributed by atoms with Crippen LogP contribution in [0.15, 0.2) is 18.2 Å². The van der Waals surface area contributed by atoms with Crippen LogP contribution in [0.25, 0.3) is 0 Å². The smallest absolute Gasteiger partial charge is 0.410 e. The molecule has 1 unspecified atom stereocenters. The molecule has 1 saturated heterocycles. The van der Waals surface area contributed by atoms with E-state index in [2.05, 4.69) is 19.2 Å². The predicted octanol–water partition coefficient (Wildman–Crippen LogP) is 4.58. The van der Waals surface area contributed by atoms with Crippen molar-refractivity contribution in [1.82, 2.24) is 4.90 Å². The molecule has 1 heterocycles. The van der Waals surface area contributed by atoms with Crippen molar-refractivity contribution in [2.24, 2.45) is 5.41 Å². The summed E-state index contributed by atoms with van der Waals surface area (Å²) in [5.74, 6) is -0.243. The number of ether oxygens (including phenoxy) is 1. The largest absolute Gasteiger partial charge is 0.444 e. The molecule has 1 aliphatic heterocycles. The summed E-state index contributed by atoms with van der Waals surface area (Å²) in [6, 6.07) is 4.94. The number of hydrogen-bond acceptors (Lipinski definition) is 3. The zero-order valence-electron chi connectivity index (χ0n) is 15.6. The number of piperidine rings is 1. The maximum absolute atomic E-state index is 13.5. The van der Waals surface area contributed by atoms with Crippen LogP contribution in [0.2, 0.25) is 0 Å². The van der Waals surface area contributed by atoms with Gasteiger partial charge in [0.2, 0.25) is 0 Å². The van der Waals surface area contributed by atoms with Gasteiger partial charge in [-0.1, -0.05) is 19.9 Å². The van der Waals surface area contributed by atoms with Crippen molar-refractivity contribution >= 4 is 11.8 Å². The molecule has 0 spiro atoms.